The number of hydrogen-bond donors (Lipinski definition) is 0. The molecule has 1 aromatic rings. The van der Waals surface area contributed by atoms with E-state index in [-0.39, 0.29) is 9.45 Å². The summed E-state index contributed by atoms with van der Waals surface area (Å²) in [5, 5.41) is 0. The first-order valence-electron chi connectivity index (χ1n) is 3.36. The van der Waals surface area contributed by atoms with E-state index in [9.17, 15) is 13.2 Å². The Morgan fingerprint density at radius 2 is 1.92 bits per heavy atom. The van der Waals surface area contributed by atoms with Gasteiger partial charge in [0, 0.05) is 9.45 Å². The zero-order chi connectivity index (χ0) is 10.1. The van der Waals surface area contributed by atoms with Gasteiger partial charge >= 0.3 is 6.18 Å². The van der Waals surface area contributed by atoms with Crippen LogP contribution in [0.25, 0.3) is 0 Å². The predicted octanol–water partition coefficient (Wildman–Crippen LogP) is 4.05. The third kappa shape index (κ3) is 2.74. The fourth-order valence-corrected chi connectivity index (χ4v) is 1.68. The zero-order valence-electron chi connectivity index (χ0n) is 6.33. The smallest absolute Gasteiger partial charge is 0.166 e. The van der Waals surface area contributed by atoms with Gasteiger partial charge in [0.05, 0.1) is 5.56 Å². The molecule has 5 heteroatoms. The van der Waals surface area contributed by atoms with Crippen molar-refractivity contribution in [3.63, 3.8) is 0 Å². The highest BCUT2D eigenvalue weighted by Gasteiger charge is 2.32. The highest BCUT2D eigenvalue weighted by atomic mass is 127. The van der Waals surface area contributed by atoms with E-state index in [1.165, 1.54) is 6.07 Å². The molecule has 0 spiro atoms. The van der Waals surface area contributed by atoms with Gasteiger partial charge in [0.15, 0.2) is 0 Å². The van der Waals surface area contributed by atoms with E-state index in [4.69, 9.17) is 11.6 Å². The summed E-state index contributed by atoms with van der Waals surface area (Å²) in [5.41, 5.74) is -0.138. The molecule has 0 aliphatic rings. The van der Waals surface area contributed by atoms with Gasteiger partial charge in [-0.15, -0.1) is 11.6 Å². The summed E-state index contributed by atoms with van der Waals surface area (Å²) in [6, 6.07) is 4.08. The summed E-state index contributed by atoms with van der Waals surface area (Å²) in [6.45, 7) is 0. The van der Waals surface area contributed by atoms with Crippen LogP contribution in [-0.4, -0.2) is 0 Å². The molecule has 0 N–H and O–H groups in total. The molecule has 0 fully saturated rings. The van der Waals surface area contributed by atoms with Crippen molar-refractivity contribution >= 4 is 34.2 Å². The Hall–Kier alpha value is 0.0300. The number of rotatable bonds is 1. The third-order valence-corrected chi connectivity index (χ3v) is 2.74. The molecule has 0 aliphatic carbocycles. The van der Waals surface area contributed by atoms with Gasteiger partial charge in [-0.3, -0.25) is 0 Å². The van der Waals surface area contributed by atoms with Gasteiger partial charge in [0.1, 0.15) is 0 Å². The van der Waals surface area contributed by atoms with Crippen molar-refractivity contribution in [3.05, 3.63) is 32.9 Å². The highest BCUT2D eigenvalue weighted by molar-refractivity contribution is 14.1. The first-order chi connectivity index (χ1) is 5.95. The molecule has 0 heterocycles. The van der Waals surface area contributed by atoms with Gasteiger partial charge in [0.2, 0.25) is 0 Å². The lowest BCUT2D eigenvalue weighted by Crippen LogP contribution is -2.07. The zero-order valence-corrected chi connectivity index (χ0v) is 9.24. The average molecular weight is 320 g/mol. The second-order valence-corrected chi connectivity index (χ2v) is 3.88. The average Bonchev–Trinajstić information content (AvgIpc) is 2.03. The van der Waals surface area contributed by atoms with E-state index in [1.54, 1.807) is 28.7 Å². The van der Waals surface area contributed by atoms with E-state index >= 15 is 0 Å². The fourth-order valence-electron chi connectivity index (χ4n) is 0.873. The maximum absolute atomic E-state index is 12.3. The van der Waals surface area contributed by atoms with Crippen molar-refractivity contribution < 1.29 is 13.2 Å². The van der Waals surface area contributed by atoms with Crippen LogP contribution in [0.1, 0.15) is 11.1 Å². The highest BCUT2D eigenvalue weighted by Crippen LogP contribution is 2.33. The van der Waals surface area contributed by atoms with E-state index in [0.29, 0.717) is 5.56 Å². The molecule has 0 aromatic heterocycles. The molecule has 13 heavy (non-hydrogen) atoms. The minimum Gasteiger partial charge on any atom is -0.166 e. The molecule has 1 rings (SSSR count). The summed E-state index contributed by atoms with van der Waals surface area (Å²) in [6.07, 6.45) is -4.29. The van der Waals surface area contributed by atoms with Crippen LogP contribution in [0.2, 0.25) is 0 Å². The molecule has 72 valence electrons. The molecule has 0 nitrogen and oxygen atoms in total. The van der Waals surface area contributed by atoms with E-state index in [0.717, 1.165) is 6.07 Å². The minimum absolute atomic E-state index is 0.0972. The van der Waals surface area contributed by atoms with Crippen LogP contribution >= 0.6 is 34.2 Å². The van der Waals surface area contributed by atoms with Gasteiger partial charge in [-0.2, -0.15) is 13.2 Å². The molecule has 0 unspecified atom stereocenters. The standard InChI is InChI=1S/C8H5ClF3I/c9-4-5-1-2-7(13)6(3-5)8(10,11)12/h1-3H,4H2. The van der Waals surface area contributed by atoms with Gasteiger partial charge in [0.25, 0.3) is 0 Å². The van der Waals surface area contributed by atoms with Crippen LogP contribution in [0.3, 0.4) is 0 Å². The predicted molar refractivity (Wildman–Crippen MR) is 53.7 cm³/mol. The maximum Gasteiger partial charge on any atom is 0.417 e. The normalized spacial score (nSPS) is 11.8. The summed E-state index contributed by atoms with van der Waals surface area (Å²) < 4.78 is 37.1. The van der Waals surface area contributed by atoms with Crippen LogP contribution in [0.5, 0.6) is 0 Å². The summed E-state index contributed by atoms with van der Waals surface area (Å²) >= 11 is 7.09. The van der Waals surface area contributed by atoms with Gasteiger partial charge < -0.3 is 0 Å². The van der Waals surface area contributed by atoms with Crippen molar-refractivity contribution in [2.45, 2.75) is 12.1 Å². The monoisotopic (exact) mass is 320 g/mol. The Morgan fingerprint density at radius 3 is 2.38 bits per heavy atom. The Morgan fingerprint density at radius 1 is 1.31 bits per heavy atom. The Balaban J connectivity index is 3.19. The van der Waals surface area contributed by atoms with Gasteiger partial charge in [-0.25, -0.2) is 0 Å². The van der Waals surface area contributed by atoms with E-state index in [1.807, 2.05) is 0 Å². The maximum atomic E-state index is 12.3. The van der Waals surface area contributed by atoms with Gasteiger partial charge in [-0.05, 0) is 40.3 Å². The van der Waals surface area contributed by atoms with Crippen molar-refractivity contribution in [1.29, 1.82) is 0 Å². The van der Waals surface area contributed by atoms with Gasteiger partial charge in [-0.1, -0.05) is 6.07 Å². The van der Waals surface area contributed by atoms with Crippen LogP contribution in [0.15, 0.2) is 18.2 Å². The van der Waals surface area contributed by atoms with Crippen molar-refractivity contribution in [1.82, 2.24) is 0 Å². The van der Waals surface area contributed by atoms with E-state index in [2.05, 4.69) is 0 Å². The Kier molecular flexibility index (Phi) is 3.45. The second kappa shape index (κ2) is 4.04. The van der Waals surface area contributed by atoms with Crippen LogP contribution in [0, 0.1) is 3.57 Å². The largest absolute Gasteiger partial charge is 0.417 e. The van der Waals surface area contributed by atoms with Crippen LogP contribution in [0.4, 0.5) is 13.2 Å². The summed E-state index contributed by atoms with van der Waals surface area (Å²) in [5.74, 6) is 0.0972. The third-order valence-electron chi connectivity index (χ3n) is 1.49. The molecule has 0 amide bonds. The van der Waals surface area contributed by atoms with E-state index < -0.39 is 11.7 Å². The SMILES string of the molecule is FC(F)(F)c1cc(CCl)ccc1I. The Bertz CT molecular complexity index is 309. The number of halogens is 5. The summed E-state index contributed by atoms with van der Waals surface area (Å²) in [7, 11) is 0. The van der Waals surface area contributed by atoms with Crippen molar-refractivity contribution in [2.75, 3.05) is 0 Å². The lowest BCUT2D eigenvalue weighted by atomic mass is 10.1. The molecule has 1 aromatic carbocycles. The molecular weight excluding hydrogens is 315 g/mol. The quantitative estimate of drug-likeness (QED) is 0.541. The Labute approximate surface area is 92.2 Å². The van der Waals surface area contributed by atoms with Crippen LogP contribution in [-0.2, 0) is 12.1 Å². The fraction of sp³-hybridized carbons (Fsp3) is 0.250. The lowest BCUT2D eigenvalue weighted by molar-refractivity contribution is -0.138. The molecule has 0 saturated carbocycles. The molecule has 0 saturated heterocycles. The lowest BCUT2D eigenvalue weighted by Gasteiger charge is -2.09. The second-order valence-electron chi connectivity index (χ2n) is 2.45. The molecule has 0 radical (unpaired) electrons. The first-order valence-corrected chi connectivity index (χ1v) is 4.98. The number of benzene rings is 1. The van der Waals surface area contributed by atoms with Crippen LogP contribution < -0.4 is 0 Å². The molecular formula is C8H5ClF3I. The molecule has 0 aliphatic heterocycles. The molecule has 0 bridgehead atoms. The number of hydrogen-bond acceptors (Lipinski definition) is 0. The number of alkyl halides is 4. The molecule has 0 atom stereocenters. The topological polar surface area (TPSA) is 0 Å². The summed E-state index contributed by atoms with van der Waals surface area (Å²) in [4.78, 5) is 0. The van der Waals surface area contributed by atoms with Crippen molar-refractivity contribution in [3.8, 4) is 0 Å². The first kappa shape index (κ1) is 11.1. The minimum atomic E-state index is -4.29. The van der Waals surface area contributed by atoms with Crippen molar-refractivity contribution in [2.24, 2.45) is 0 Å².